The highest BCUT2D eigenvalue weighted by atomic mass is 31.2. The van der Waals surface area contributed by atoms with Crippen molar-refractivity contribution in [2.24, 2.45) is 5.73 Å². The molecule has 168 valence electrons. The summed E-state index contributed by atoms with van der Waals surface area (Å²) < 4.78 is 14.0. The summed E-state index contributed by atoms with van der Waals surface area (Å²) in [6, 6.07) is -1.26. The van der Waals surface area contributed by atoms with Crippen LogP contribution in [-0.2, 0) is 18.7 Å². The SMILES string of the molecule is N[C@@H](C=O)[C@@H](O)[C@H](O)[C@H](O)CO.O=C(COP(=O)(O)O)[C@@H](O)[C@H](O)[C@H](O)CO. The van der Waals surface area contributed by atoms with Gasteiger partial charge in [-0.2, -0.15) is 0 Å². The van der Waals surface area contributed by atoms with Gasteiger partial charge in [-0.25, -0.2) is 4.57 Å². The van der Waals surface area contributed by atoms with Crippen molar-refractivity contribution in [3.8, 4) is 0 Å². The first-order valence-corrected chi connectivity index (χ1v) is 9.00. The molecule has 15 nitrogen and oxygen atoms in total. The molecule has 0 aromatic rings. The third-order valence-electron chi connectivity index (χ3n) is 3.09. The third-order valence-corrected chi connectivity index (χ3v) is 3.56. The smallest absolute Gasteiger partial charge is 0.394 e. The molecule has 0 saturated carbocycles. The van der Waals surface area contributed by atoms with Gasteiger partial charge >= 0.3 is 7.82 Å². The molecule has 12 N–H and O–H groups in total. The second-order valence-corrected chi connectivity index (χ2v) is 6.60. The fourth-order valence-electron chi connectivity index (χ4n) is 1.39. The molecule has 16 heteroatoms. The molecule has 0 saturated heterocycles. The lowest BCUT2D eigenvalue weighted by atomic mass is 10.0. The molecule has 0 aromatic heterocycles. The predicted octanol–water partition coefficient (Wildman–Crippen LogP) is -6.67. The van der Waals surface area contributed by atoms with E-state index in [1.54, 1.807) is 0 Å². The number of ketones is 1. The maximum Gasteiger partial charge on any atom is 0.470 e. The summed E-state index contributed by atoms with van der Waals surface area (Å²) in [5.74, 6) is -1.23. The van der Waals surface area contributed by atoms with Gasteiger partial charge in [0.15, 0.2) is 5.78 Å². The van der Waals surface area contributed by atoms with Crippen molar-refractivity contribution in [2.75, 3.05) is 19.8 Å². The second kappa shape index (κ2) is 14.1. The van der Waals surface area contributed by atoms with Crippen LogP contribution in [0.1, 0.15) is 0 Å². The highest BCUT2D eigenvalue weighted by molar-refractivity contribution is 7.46. The molecule has 7 atom stereocenters. The van der Waals surface area contributed by atoms with E-state index in [1.165, 1.54) is 0 Å². The number of carbonyl (C=O) groups is 2. The number of phosphoric ester groups is 1. The Balaban J connectivity index is 0. The number of hydrogen-bond acceptors (Lipinski definition) is 13. The normalized spacial score (nSPS) is 19.2. The van der Waals surface area contributed by atoms with Crippen molar-refractivity contribution in [1.82, 2.24) is 0 Å². The summed E-state index contributed by atoms with van der Waals surface area (Å²) in [6.45, 7) is -2.71. The van der Waals surface area contributed by atoms with Crippen LogP contribution >= 0.6 is 7.82 Å². The van der Waals surface area contributed by atoms with Gasteiger partial charge in [-0.1, -0.05) is 0 Å². The Kier molecular flexibility index (Phi) is 14.8. The van der Waals surface area contributed by atoms with E-state index < -0.39 is 76.1 Å². The van der Waals surface area contributed by atoms with E-state index in [0.717, 1.165) is 0 Å². The fraction of sp³-hybridized carbons (Fsp3) is 0.833. The lowest BCUT2D eigenvalue weighted by Crippen LogP contribution is -2.49. The first-order chi connectivity index (χ1) is 12.7. The Morgan fingerprint density at radius 3 is 1.71 bits per heavy atom. The third kappa shape index (κ3) is 11.8. The highest BCUT2D eigenvalue weighted by Gasteiger charge is 2.31. The number of carbonyl (C=O) groups excluding carboxylic acids is 2. The zero-order valence-corrected chi connectivity index (χ0v) is 15.3. The molecule has 28 heavy (non-hydrogen) atoms. The van der Waals surface area contributed by atoms with E-state index in [0.29, 0.717) is 0 Å². The maximum atomic E-state index is 11.0. The van der Waals surface area contributed by atoms with E-state index in [-0.39, 0.29) is 6.29 Å². The fourth-order valence-corrected chi connectivity index (χ4v) is 1.68. The zero-order chi connectivity index (χ0) is 22.7. The summed E-state index contributed by atoms with van der Waals surface area (Å²) in [6.07, 6.45) is -10.2. The molecule has 0 amide bonds. The van der Waals surface area contributed by atoms with Gasteiger partial charge in [-0.05, 0) is 0 Å². The number of aliphatic hydroxyl groups excluding tert-OH is 8. The van der Waals surface area contributed by atoms with Crippen LogP contribution in [0.5, 0.6) is 0 Å². The topological polar surface area (TPSA) is 289 Å². The van der Waals surface area contributed by atoms with Gasteiger partial charge in [0.25, 0.3) is 0 Å². The Hall–Kier alpha value is -0.910. The van der Waals surface area contributed by atoms with Crippen LogP contribution in [-0.4, -0.2) is 125 Å². The first-order valence-electron chi connectivity index (χ1n) is 7.47. The van der Waals surface area contributed by atoms with E-state index in [4.69, 9.17) is 56.4 Å². The Labute approximate surface area is 158 Å². The molecule has 0 spiro atoms. The molecule has 0 aliphatic carbocycles. The van der Waals surface area contributed by atoms with E-state index in [9.17, 15) is 14.2 Å². The average molecular weight is 439 g/mol. The average Bonchev–Trinajstić information content (AvgIpc) is 2.67. The molecule has 0 aliphatic heterocycles. The predicted molar refractivity (Wildman–Crippen MR) is 87.3 cm³/mol. The standard InChI is InChI=1S/C6H13NO5.C6H13O9P/c7-3(1-8)5(11)6(12)4(10)2-9;7-1-3(8)5(10)6(11)4(9)2-15-16(12,13)14/h1,3-6,9-12H,2,7H2;3,5-8,10-11H,1-2H2,(H2,12,13,14)/t3-,4+,5+,6+;3-,5-,6-/m01/s1. The van der Waals surface area contributed by atoms with Crippen LogP contribution in [0.15, 0.2) is 0 Å². The Morgan fingerprint density at radius 1 is 0.929 bits per heavy atom. The van der Waals surface area contributed by atoms with Crippen LogP contribution in [0.25, 0.3) is 0 Å². The quantitative estimate of drug-likeness (QED) is 0.0994. The van der Waals surface area contributed by atoms with Gasteiger partial charge in [0.1, 0.15) is 49.5 Å². The van der Waals surface area contributed by atoms with E-state index in [2.05, 4.69) is 4.52 Å². The van der Waals surface area contributed by atoms with Gasteiger partial charge in [0.05, 0.1) is 19.3 Å². The van der Waals surface area contributed by atoms with Gasteiger partial charge < -0.3 is 61.2 Å². The van der Waals surface area contributed by atoms with Gasteiger partial charge in [-0.3, -0.25) is 9.32 Å². The molecule has 0 heterocycles. The summed E-state index contributed by atoms with van der Waals surface area (Å²) in [5.41, 5.74) is 5.04. The van der Waals surface area contributed by atoms with Crippen LogP contribution in [0, 0.1) is 0 Å². The van der Waals surface area contributed by atoms with Crippen molar-refractivity contribution >= 4 is 19.9 Å². The molecule has 0 aromatic carbocycles. The second-order valence-electron chi connectivity index (χ2n) is 5.36. The monoisotopic (exact) mass is 439 g/mol. The largest absolute Gasteiger partial charge is 0.470 e. The minimum absolute atomic E-state index is 0.248. The van der Waals surface area contributed by atoms with Crippen molar-refractivity contribution < 1.29 is 69.3 Å². The van der Waals surface area contributed by atoms with Crippen LogP contribution in [0.3, 0.4) is 0 Å². The van der Waals surface area contributed by atoms with Crippen LogP contribution in [0.4, 0.5) is 0 Å². The minimum atomic E-state index is -4.85. The molecule has 0 unspecified atom stereocenters. The molecular formula is C12H26NO14P. The molecule has 0 bridgehead atoms. The summed E-state index contributed by atoms with van der Waals surface area (Å²) in [5, 5.41) is 70.6. The van der Waals surface area contributed by atoms with Crippen molar-refractivity contribution in [3.05, 3.63) is 0 Å². The Morgan fingerprint density at radius 2 is 1.36 bits per heavy atom. The number of phosphoric acid groups is 1. The van der Waals surface area contributed by atoms with Crippen LogP contribution < -0.4 is 5.73 Å². The van der Waals surface area contributed by atoms with Crippen molar-refractivity contribution in [2.45, 2.75) is 42.7 Å². The maximum absolute atomic E-state index is 11.0. The van der Waals surface area contributed by atoms with Gasteiger partial charge in [-0.15, -0.1) is 0 Å². The number of aldehydes is 1. The molecular weight excluding hydrogens is 413 g/mol. The van der Waals surface area contributed by atoms with Gasteiger partial charge in [0.2, 0.25) is 0 Å². The molecule has 0 rings (SSSR count). The summed E-state index contributed by atoms with van der Waals surface area (Å²) >= 11 is 0. The number of hydrogen-bond donors (Lipinski definition) is 11. The zero-order valence-electron chi connectivity index (χ0n) is 14.4. The Bertz CT molecular complexity index is 501. The molecule has 0 fully saturated rings. The molecule has 0 aliphatic rings. The van der Waals surface area contributed by atoms with Crippen molar-refractivity contribution in [3.63, 3.8) is 0 Å². The summed E-state index contributed by atoms with van der Waals surface area (Å²) in [7, 11) is -4.85. The van der Waals surface area contributed by atoms with Crippen LogP contribution in [0.2, 0.25) is 0 Å². The lowest BCUT2D eigenvalue weighted by Gasteiger charge is -2.23. The number of nitrogens with two attached hydrogens (primary N) is 1. The molecule has 0 radical (unpaired) electrons. The van der Waals surface area contributed by atoms with Gasteiger partial charge in [0, 0.05) is 0 Å². The minimum Gasteiger partial charge on any atom is -0.394 e. The number of aliphatic hydroxyl groups is 8. The van der Waals surface area contributed by atoms with Crippen molar-refractivity contribution in [1.29, 1.82) is 0 Å². The van der Waals surface area contributed by atoms with E-state index in [1.807, 2.05) is 0 Å². The highest BCUT2D eigenvalue weighted by Crippen LogP contribution is 2.35. The first kappa shape index (κ1) is 29.3. The summed E-state index contributed by atoms with van der Waals surface area (Å²) in [4.78, 5) is 37.5. The number of Topliss-reactive ketones (excluding diaryl/α,β-unsaturated/α-hetero) is 1. The lowest BCUT2D eigenvalue weighted by molar-refractivity contribution is -0.142. The van der Waals surface area contributed by atoms with E-state index >= 15 is 0 Å². The number of rotatable bonds is 12.